The number of hydrogen-bond donors (Lipinski definition) is 1. The largest absolute Gasteiger partial charge is 0.480 e. The second kappa shape index (κ2) is 5.85. The highest BCUT2D eigenvalue weighted by Gasteiger charge is 2.47. The van der Waals surface area contributed by atoms with Crippen LogP contribution < -0.4 is 0 Å². The molecule has 2 aliphatic rings. The van der Waals surface area contributed by atoms with Crippen LogP contribution in [0.25, 0.3) is 0 Å². The molecule has 0 aromatic heterocycles. The molecule has 0 radical (unpaired) electrons. The standard InChI is InChI=1S/C16H27NO4/c1-10-12-8-6-5-7-11(12)9-13(14(18)19)17(10)15(20)21-16(2,3)4/h10-13H,5-9H2,1-4H3,(H,18,19)/t10?,11?,12?,13-/m0/s1. The Morgan fingerprint density at radius 2 is 1.81 bits per heavy atom. The molecular formula is C16H27NO4. The van der Waals surface area contributed by atoms with E-state index in [1.165, 1.54) is 17.7 Å². The molecule has 1 aliphatic carbocycles. The van der Waals surface area contributed by atoms with Crippen molar-refractivity contribution >= 4 is 12.1 Å². The van der Waals surface area contributed by atoms with Crippen LogP contribution in [-0.2, 0) is 9.53 Å². The van der Waals surface area contributed by atoms with E-state index in [1.54, 1.807) is 20.8 Å². The number of aliphatic carboxylic acids is 1. The van der Waals surface area contributed by atoms with E-state index in [1.807, 2.05) is 6.92 Å². The lowest BCUT2D eigenvalue weighted by Gasteiger charge is -2.49. The van der Waals surface area contributed by atoms with Crippen LogP contribution in [0.4, 0.5) is 4.79 Å². The molecule has 120 valence electrons. The topological polar surface area (TPSA) is 66.8 Å². The SMILES string of the molecule is CC1C2CCCCC2C[C@@H](C(=O)O)N1C(=O)OC(C)(C)C. The van der Waals surface area contributed by atoms with Crippen molar-refractivity contribution in [3.63, 3.8) is 0 Å². The zero-order valence-electron chi connectivity index (χ0n) is 13.5. The fourth-order valence-electron chi connectivity index (χ4n) is 3.88. The minimum absolute atomic E-state index is 0.0694. The van der Waals surface area contributed by atoms with Gasteiger partial charge in [0.2, 0.25) is 0 Å². The maximum Gasteiger partial charge on any atom is 0.411 e. The van der Waals surface area contributed by atoms with Crippen LogP contribution in [-0.4, -0.2) is 39.8 Å². The monoisotopic (exact) mass is 297 g/mol. The molecule has 2 fully saturated rings. The summed E-state index contributed by atoms with van der Waals surface area (Å²) in [6.45, 7) is 7.39. The zero-order valence-corrected chi connectivity index (χ0v) is 13.5. The molecule has 1 saturated carbocycles. The first kappa shape index (κ1) is 16.1. The number of rotatable bonds is 1. The van der Waals surface area contributed by atoms with Gasteiger partial charge in [-0.15, -0.1) is 0 Å². The van der Waals surface area contributed by atoms with Crippen LogP contribution in [0, 0.1) is 11.8 Å². The predicted octanol–water partition coefficient (Wildman–Crippen LogP) is 3.28. The van der Waals surface area contributed by atoms with Gasteiger partial charge in [-0.1, -0.05) is 19.3 Å². The van der Waals surface area contributed by atoms with Gasteiger partial charge >= 0.3 is 12.1 Å². The van der Waals surface area contributed by atoms with E-state index in [9.17, 15) is 14.7 Å². The Morgan fingerprint density at radius 1 is 1.19 bits per heavy atom. The highest BCUT2D eigenvalue weighted by molar-refractivity contribution is 5.80. The number of carbonyl (C=O) groups excluding carboxylic acids is 1. The first-order valence-electron chi connectivity index (χ1n) is 7.95. The molecule has 1 N–H and O–H groups in total. The molecule has 1 aliphatic heterocycles. The summed E-state index contributed by atoms with van der Waals surface area (Å²) in [6, 6.07) is -0.825. The van der Waals surface area contributed by atoms with Crippen molar-refractivity contribution in [3.05, 3.63) is 0 Å². The Labute approximate surface area is 126 Å². The van der Waals surface area contributed by atoms with Gasteiger partial charge in [-0.2, -0.15) is 0 Å². The number of likely N-dealkylation sites (tertiary alicyclic amines) is 1. The second-order valence-electron chi connectivity index (χ2n) is 7.43. The predicted molar refractivity (Wildman–Crippen MR) is 79.0 cm³/mol. The Kier molecular flexibility index (Phi) is 4.49. The summed E-state index contributed by atoms with van der Waals surface area (Å²) in [5.74, 6) is -0.0906. The first-order valence-corrected chi connectivity index (χ1v) is 7.95. The van der Waals surface area contributed by atoms with Crippen LogP contribution in [0.2, 0.25) is 0 Å². The van der Waals surface area contributed by atoms with Gasteiger partial charge in [-0.3, -0.25) is 4.90 Å². The molecule has 4 atom stereocenters. The molecular weight excluding hydrogens is 270 g/mol. The van der Waals surface area contributed by atoms with Crippen LogP contribution in [0.5, 0.6) is 0 Å². The van der Waals surface area contributed by atoms with Gasteiger partial charge in [-0.05, 0) is 52.4 Å². The minimum Gasteiger partial charge on any atom is -0.480 e. The second-order valence-corrected chi connectivity index (χ2v) is 7.43. The summed E-state index contributed by atoms with van der Waals surface area (Å²) in [5.41, 5.74) is -0.608. The van der Waals surface area contributed by atoms with Crippen LogP contribution >= 0.6 is 0 Å². The van der Waals surface area contributed by atoms with E-state index in [0.717, 1.165) is 12.8 Å². The summed E-state index contributed by atoms with van der Waals surface area (Å²) in [5, 5.41) is 9.51. The molecule has 3 unspecified atom stereocenters. The van der Waals surface area contributed by atoms with Gasteiger partial charge in [-0.25, -0.2) is 9.59 Å². The van der Waals surface area contributed by atoms with Crippen molar-refractivity contribution in [1.29, 1.82) is 0 Å². The van der Waals surface area contributed by atoms with Gasteiger partial charge in [0.25, 0.3) is 0 Å². The van der Waals surface area contributed by atoms with Crippen molar-refractivity contribution in [2.24, 2.45) is 11.8 Å². The van der Waals surface area contributed by atoms with Crippen molar-refractivity contribution in [3.8, 4) is 0 Å². The van der Waals surface area contributed by atoms with Gasteiger partial charge in [0.05, 0.1) is 0 Å². The third-order valence-electron chi connectivity index (χ3n) is 4.78. The average Bonchev–Trinajstić information content (AvgIpc) is 2.36. The van der Waals surface area contributed by atoms with Gasteiger partial charge < -0.3 is 9.84 Å². The van der Waals surface area contributed by atoms with Crippen LogP contribution in [0.1, 0.15) is 59.8 Å². The molecule has 0 aromatic rings. The molecule has 2 rings (SSSR count). The average molecular weight is 297 g/mol. The fraction of sp³-hybridized carbons (Fsp3) is 0.875. The fourth-order valence-corrected chi connectivity index (χ4v) is 3.88. The number of nitrogens with zero attached hydrogens (tertiary/aromatic N) is 1. The third-order valence-corrected chi connectivity index (χ3v) is 4.78. The molecule has 0 spiro atoms. The molecule has 1 saturated heterocycles. The van der Waals surface area contributed by atoms with E-state index in [4.69, 9.17) is 4.74 Å². The van der Waals surface area contributed by atoms with Gasteiger partial charge in [0.1, 0.15) is 11.6 Å². The number of hydrogen-bond acceptors (Lipinski definition) is 3. The Hall–Kier alpha value is -1.26. The lowest BCUT2D eigenvalue weighted by molar-refractivity contribution is -0.149. The zero-order chi connectivity index (χ0) is 15.8. The molecule has 1 heterocycles. The van der Waals surface area contributed by atoms with Crippen LogP contribution in [0.3, 0.4) is 0 Å². The lowest BCUT2D eigenvalue weighted by Crippen LogP contribution is -2.59. The number of piperidine rings is 1. The smallest absolute Gasteiger partial charge is 0.411 e. The summed E-state index contributed by atoms with van der Waals surface area (Å²) < 4.78 is 5.43. The molecule has 0 bridgehead atoms. The van der Waals surface area contributed by atoms with Crippen LogP contribution in [0.15, 0.2) is 0 Å². The number of ether oxygens (including phenoxy) is 1. The summed E-state index contributed by atoms with van der Waals surface area (Å²) >= 11 is 0. The molecule has 0 aromatic carbocycles. The number of amides is 1. The third kappa shape index (κ3) is 3.50. The number of carboxylic acids is 1. The first-order chi connectivity index (χ1) is 9.70. The quantitative estimate of drug-likeness (QED) is 0.806. The molecule has 1 amide bonds. The molecule has 5 heteroatoms. The highest BCUT2D eigenvalue weighted by atomic mass is 16.6. The van der Waals surface area contributed by atoms with Crippen molar-refractivity contribution in [2.75, 3.05) is 0 Å². The van der Waals surface area contributed by atoms with Crippen molar-refractivity contribution < 1.29 is 19.4 Å². The van der Waals surface area contributed by atoms with Gasteiger partial charge in [0, 0.05) is 6.04 Å². The summed E-state index contributed by atoms with van der Waals surface area (Å²) in [7, 11) is 0. The molecule has 5 nitrogen and oxygen atoms in total. The number of carbonyl (C=O) groups is 2. The maximum atomic E-state index is 12.5. The van der Waals surface area contributed by atoms with E-state index in [-0.39, 0.29) is 6.04 Å². The Morgan fingerprint density at radius 3 is 2.38 bits per heavy atom. The van der Waals surface area contributed by atoms with E-state index in [2.05, 4.69) is 0 Å². The lowest BCUT2D eigenvalue weighted by atomic mass is 9.69. The summed E-state index contributed by atoms with van der Waals surface area (Å²) in [4.78, 5) is 25.5. The summed E-state index contributed by atoms with van der Waals surface area (Å²) in [6.07, 6.45) is 4.58. The Bertz CT molecular complexity index is 415. The maximum absolute atomic E-state index is 12.5. The van der Waals surface area contributed by atoms with Gasteiger partial charge in [0.15, 0.2) is 0 Å². The van der Waals surface area contributed by atoms with Crippen molar-refractivity contribution in [1.82, 2.24) is 4.90 Å². The minimum atomic E-state index is -0.920. The van der Waals surface area contributed by atoms with Crippen molar-refractivity contribution in [2.45, 2.75) is 77.5 Å². The molecule has 21 heavy (non-hydrogen) atoms. The van der Waals surface area contributed by atoms with E-state index >= 15 is 0 Å². The Balaban J connectivity index is 2.22. The number of fused-ring (bicyclic) bond motifs is 1. The van der Waals surface area contributed by atoms with E-state index < -0.39 is 23.7 Å². The number of carboxylic acid groups (broad SMARTS) is 1. The normalized spacial score (nSPS) is 33.2. The van der Waals surface area contributed by atoms with E-state index in [0.29, 0.717) is 18.3 Å². The highest BCUT2D eigenvalue weighted by Crippen LogP contribution is 2.42.